The zero-order chi connectivity index (χ0) is 12.3. The van der Waals surface area contributed by atoms with Gasteiger partial charge in [0.2, 0.25) is 0 Å². The van der Waals surface area contributed by atoms with Gasteiger partial charge in [-0.1, -0.05) is 29.3 Å². The molecule has 0 aliphatic heterocycles. The highest BCUT2D eigenvalue weighted by Crippen LogP contribution is 2.24. The van der Waals surface area contributed by atoms with Gasteiger partial charge in [0.25, 0.3) is 0 Å². The number of rotatable bonds is 4. The summed E-state index contributed by atoms with van der Waals surface area (Å²) in [6.45, 7) is 0.807. The van der Waals surface area contributed by atoms with Gasteiger partial charge in [-0.2, -0.15) is 0 Å². The number of hydrogen-bond acceptors (Lipinski definition) is 2. The topological polar surface area (TPSA) is 21.3 Å². The Morgan fingerprint density at radius 3 is 2.82 bits per heavy atom. The summed E-state index contributed by atoms with van der Waals surface area (Å²) in [7, 11) is 1.78. The minimum absolute atomic E-state index is 0.345. The van der Waals surface area contributed by atoms with E-state index in [-0.39, 0.29) is 0 Å². The van der Waals surface area contributed by atoms with Crippen molar-refractivity contribution in [3.05, 3.63) is 33.8 Å². The number of halogens is 2. The first-order valence-corrected chi connectivity index (χ1v) is 6.66. The third-order valence-electron chi connectivity index (χ3n) is 3.31. The average molecular weight is 274 g/mol. The van der Waals surface area contributed by atoms with E-state index in [4.69, 9.17) is 27.9 Å². The van der Waals surface area contributed by atoms with Crippen molar-refractivity contribution in [2.24, 2.45) is 0 Å². The number of hydrogen-bond donors (Lipinski definition) is 1. The molecule has 2 unspecified atom stereocenters. The molecular weight excluding hydrogens is 257 g/mol. The van der Waals surface area contributed by atoms with Gasteiger partial charge in [-0.05, 0) is 37.0 Å². The molecule has 1 aliphatic carbocycles. The van der Waals surface area contributed by atoms with Gasteiger partial charge in [0.1, 0.15) is 0 Å². The van der Waals surface area contributed by atoms with Gasteiger partial charge < -0.3 is 10.1 Å². The third kappa shape index (κ3) is 3.35. The maximum absolute atomic E-state index is 5.98. The third-order valence-corrected chi connectivity index (χ3v) is 4.05. The van der Waals surface area contributed by atoms with Crippen LogP contribution in [0.25, 0.3) is 0 Å². The van der Waals surface area contributed by atoms with E-state index in [1.54, 1.807) is 7.11 Å². The Bertz CT molecular complexity index is 384. The van der Waals surface area contributed by atoms with Crippen LogP contribution in [0.3, 0.4) is 0 Å². The molecule has 0 aromatic heterocycles. The standard InChI is InChI=1S/C13H17Cl2NO/c1-17-13-4-2-3-12(13)16-8-9-5-6-10(14)11(15)7-9/h5-7,12-13,16H,2-4,8H2,1H3. The van der Waals surface area contributed by atoms with Crippen molar-refractivity contribution in [1.82, 2.24) is 5.32 Å². The highest BCUT2D eigenvalue weighted by molar-refractivity contribution is 6.42. The van der Waals surface area contributed by atoms with Gasteiger partial charge in [0.05, 0.1) is 16.1 Å². The largest absolute Gasteiger partial charge is 0.380 e. The number of benzene rings is 1. The van der Waals surface area contributed by atoms with Crippen molar-refractivity contribution in [2.45, 2.75) is 38.0 Å². The van der Waals surface area contributed by atoms with E-state index in [1.165, 1.54) is 12.8 Å². The van der Waals surface area contributed by atoms with E-state index in [9.17, 15) is 0 Å². The summed E-state index contributed by atoms with van der Waals surface area (Å²) in [6, 6.07) is 6.20. The molecule has 1 aliphatic rings. The van der Waals surface area contributed by atoms with Crippen LogP contribution in [0.5, 0.6) is 0 Å². The zero-order valence-corrected chi connectivity index (χ0v) is 11.4. The molecule has 94 valence electrons. The molecular formula is C13H17Cl2NO. The summed E-state index contributed by atoms with van der Waals surface area (Å²) in [4.78, 5) is 0. The fraction of sp³-hybridized carbons (Fsp3) is 0.538. The van der Waals surface area contributed by atoms with E-state index < -0.39 is 0 Å². The molecule has 4 heteroatoms. The van der Waals surface area contributed by atoms with Crippen molar-refractivity contribution in [2.75, 3.05) is 7.11 Å². The van der Waals surface area contributed by atoms with Crippen molar-refractivity contribution in [3.63, 3.8) is 0 Å². The number of methoxy groups -OCH3 is 1. The average Bonchev–Trinajstić information content (AvgIpc) is 2.78. The Morgan fingerprint density at radius 1 is 1.29 bits per heavy atom. The van der Waals surface area contributed by atoms with Crippen LogP contribution in [0.15, 0.2) is 18.2 Å². The molecule has 2 nitrogen and oxygen atoms in total. The Hall–Kier alpha value is -0.280. The molecule has 0 bridgehead atoms. The molecule has 0 saturated heterocycles. The van der Waals surface area contributed by atoms with E-state index in [0.717, 1.165) is 18.5 Å². The highest BCUT2D eigenvalue weighted by atomic mass is 35.5. The summed E-state index contributed by atoms with van der Waals surface area (Å²) in [5.41, 5.74) is 1.15. The van der Waals surface area contributed by atoms with Crippen molar-refractivity contribution < 1.29 is 4.74 Å². The summed E-state index contributed by atoms with van der Waals surface area (Å²) in [6.07, 6.45) is 3.91. The molecule has 1 N–H and O–H groups in total. The normalized spacial score (nSPS) is 24.2. The molecule has 2 rings (SSSR count). The van der Waals surface area contributed by atoms with Gasteiger partial charge in [-0.25, -0.2) is 0 Å². The minimum atomic E-state index is 0.345. The van der Waals surface area contributed by atoms with E-state index in [2.05, 4.69) is 5.32 Å². The van der Waals surface area contributed by atoms with Crippen LogP contribution >= 0.6 is 23.2 Å². The first-order valence-electron chi connectivity index (χ1n) is 5.91. The lowest BCUT2D eigenvalue weighted by Crippen LogP contribution is -2.36. The van der Waals surface area contributed by atoms with Crippen molar-refractivity contribution in [3.8, 4) is 0 Å². The molecule has 1 saturated carbocycles. The maximum atomic E-state index is 5.98. The Morgan fingerprint density at radius 2 is 2.12 bits per heavy atom. The monoisotopic (exact) mass is 273 g/mol. The Kier molecular flexibility index (Phi) is 4.69. The van der Waals surface area contributed by atoms with Gasteiger partial charge in [-0.15, -0.1) is 0 Å². The summed E-state index contributed by atoms with van der Waals surface area (Å²) in [5.74, 6) is 0. The highest BCUT2D eigenvalue weighted by Gasteiger charge is 2.26. The number of nitrogens with one attached hydrogen (secondary N) is 1. The molecule has 2 atom stereocenters. The second kappa shape index (κ2) is 6.05. The molecule has 17 heavy (non-hydrogen) atoms. The van der Waals surface area contributed by atoms with Crippen LogP contribution in [-0.4, -0.2) is 19.3 Å². The first-order chi connectivity index (χ1) is 8.20. The second-order valence-electron chi connectivity index (χ2n) is 4.44. The fourth-order valence-corrected chi connectivity index (χ4v) is 2.66. The van der Waals surface area contributed by atoms with Crippen LogP contribution in [0.2, 0.25) is 10.0 Å². The van der Waals surface area contributed by atoms with Crippen molar-refractivity contribution in [1.29, 1.82) is 0 Å². The first kappa shape index (κ1) is 13.2. The number of ether oxygens (including phenoxy) is 1. The van der Waals surface area contributed by atoms with Crippen LogP contribution in [0.1, 0.15) is 24.8 Å². The van der Waals surface area contributed by atoms with Gasteiger partial charge >= 0.3 is 0 Å². The lowest BCUT2D eigenvalue weighted by molar-refractivity contribution is 0.0847. The summed E-state index contributed by atoms with van der Waals surface area (Å²) in [5, 5.41) is 4.73. The molecule has 0 amide bonds. The van der Waals surface area contributed by atoms with Gasteiger partial charge in [0, 0.05) is 19.7 Å². The maximum Gasteiger partial charge on any atom is 0.0724 e. The Labute approximate surface area is 112 Å². The summed E-state index contributed by atoms with van der Waals surface area (Å²) < 4.78 is 5.45. The predicted octanol–water partition coefficient (Wildman–Crippen LogP) is 3.65. The minimum Gasteiger partial charge on any atom is -0.380 e. The van der Waals surface area contributed by atoms with Gasteiger partial charge in [-0.3, -0.25) is 0 Å². The molecule has 0 heterocycles. The molecule has 0 radical (unpaired) electrons. The summed E-state index contributed by atoms with van der Waals surface area (Å²) >= 11 is 11.9. The van der Waals surface area contributed by atoms with Crippen LogP contribution in [0.4, 0.5) is 0 Å². The van der Waals surface area contributed by atoms with Crippen LogP contribution in [-0.2, 0) is 11.3 Å². The second-order valence-corrected chi connectivity index (χ2v) is 5.26. The zero-order valence-electron chi connectivity index (χ0n) is 9.88. The quantitative estimate of drug-likeness (QED) is 0.904. The molecule has 1 fully saturated rings. The van der Waals surface area contributed by atoms with E-state index >= 15 is 0 Å². The lowest BCUT2D eigenvalue weighted by atomic mass is 10.1. The lowest BCUT2D eigenvalue weighted by Gasteiger charge is -2.19. The van der Waals surface area contributed by atoms with E-state index in [1.807, 2.05) is 18.2 Å². The molecule has 1 aromatic carbocycles. The SMILES string of the molecule is COC1CCCC1NCc1ccc(Cl)c(Cl)c1. The molecule has 1 aromatic rings. The fourth-order valence-electron chi connectivity index (χ4n) is 2.34. The van der Waals surface area contributed by atoms with Gasteiger partial charge in [0.15, 0.2) is 0 Å². The van der Waals surface area contributed by atoms with Crippen LogP contribution < -0.4 is 5.32 Å². The predicted molar refractivity (Wildman–Crippen MR) is 71.7 cm³/mol. The smallest absolute Gasteiger partial charge is 0.0724 e. The van der Waals surface area contributed by atoms with Crippen LogP contribution in [0, 0.1) is 0 Å². The Balaban J connectivity index is 1.91. The molecule has 0 spiro atoms. The van der Waals surface area contributed by atoms with Crippen molar-refractivity contribution >= 4 is 23.2 Å². The van der Waals surface area contributed by atoms with E-state index in [0.29, 0.717) is 22.2 Å².